The van der Waals surface area contributed by atoms with E-state index in [1.807, 2.05) is 60.7 Å². The van der Waals surface area contributed by atoms with Gasteiger partial charge < -0.3 is 24.8 Å². The highest BCUT2D eigenvalue weighted by Crippen LogP contribution is 2.18. The van der Waals surface area contributed by atoms with Gasteiger partial charge in [0.15, 0.2) is 6.10 Å². The number of hydrogen-bond donors (Lipinski definition) is 2. The van der Waals surface area contributed by atoms with E-state index in [0.29, 0.717) is 12.8 Å². The molecule has 0 heterocycles. The summed E-state index contributed by atoms with van der Waals surface area (Å²) in [6.45, 7) is 8.16. The molecular formula is C56H90N2O8. The fraction of sp³-hybridized carbons (Fsp3) is 0.696. The predicted molar refractivity (Wildman–Crippen MR) is 266 cm³/mol. The molecule has 3 atom stereocenters. The van der Waals surface area contributed by atoms with Gasteiger partial charge >= 0.3 is 17.9 Å². The van der Waals surface area contributed by atoms with Gasteiger partial charge in [-0.25, -0.2) is 4.79 Å². The van der Waals surface area contributed by atoms with Crippen LogP contribution in [0.1, 0.15) is 225 Å². The quantitative estimate of drug-likeness (QED) is 0.0382. The average Bonchev–Trinajstić information content (AvgIpc) is 3.32. The van der Waals surface area contributed by atoms with E-state index in [9.17, 15) is 24.0 Å². The number of carbonyl (C=O) groups is 5. The number of rotatable bonds is 41. The Morgan fingerprint density at radius 3 is 1.33 bits per heavy atom. The lowest BCUT2D eigenvalue weighted by Gasteiger charge is -2.27. The topological polar surface area (TPSA) is 137 Å². The maximum Gasteiger partial charge on any atom is 0.328 e. The maximum absolute atomic E-state index is 14.0. The number of ether oxygens (including phenoxy) is 3. The number of unbranched alkanes of at least 4 members (excludes halogenated alkanes) is 23. The van der Waals surface area contributed by atoms with E-state index in [1.165, 1.54) is 109 Å². The Morgan fingerprint density at radius 2 is 0.879 bits per heavy atom. The summed E-state index contributed by atoms with van der Waals surface area (Å²) in [6, 6.07) is 16.2. The minimum Gasteiger partial charge on any atom is -0.461 e. The molecule has 0 aromatic heterocycles. The highest BCUT2D eigenvalue weighted by atomic mass is 16.5. The van der Waals surface area contributed by atoms with Crippen molar-refractivity contribution in [1.29, 1.82) is 0 Å². The summed E-state index contributed by atoms with van der Waals surface area (Å²) < 4.78 is 16.9. The molecule has 0 fully saturated rings. The van der Waals surface area contributed by atoms with Crippen LogP contribution in [0.3, 0.4) is 0 Å². The molecule has 1 unspecified atom stereocenters. The van der Waals surface area contributed by atoms with E-state index in [-0.39, 0.29) is 38.4 Å². The Hall–Kier alpha value is -4.21. The van der Waals surface area contributed by atoms with Crippen molar-refractivity contribution in [2.75, 3.05) is 0 Å². The molecule has 10 nitrogen and oxygen atoms in total. The highest BCUT2D eigenvalue weighted by molar-refractivity contribution is 5.92. The number of nitrogens with one attached hydrogen (secondary N) is 2. The van der Waals surface area contributed by atoms with Gasteiger partial charge in [-0.3, -0.25) is 19.2 Å². The molecule has 0 aliphatic rings. The van der Waals surface area contributed by atoms with Gasteiger partial charge in [0.1, 0.15) is 25.3 Å². The number of esters is 3. The molecule has 2 N–H and O–H groups in total. The maximum atomic E-state index is 14.0. The second-order valence-corrected chi connectivity index (χ2v) is 18.7. The molecule has 2 aromatic carbocycles. The number of hydrogen-bond acceptors (Lipinski definition) is 8. The summed E-state index contributed by atoms with van der Waals surface area (Å²) in [5.74, 6) is -3.13. The third-order valence-electron chi connectivity index (χ3n) is 12.3. The summed E-state index contributed by atoms with van der Waals surface area (Å²) >= 11 is 0. The predicted octanol–water partition coefficient (Wildman–Crippen LogP) is 13.4. The fourth-order valence-corrected chi connectivity index (χ4v) is 8.11. The summed E-state index contributed by atoms with van der Waals surface area (Å²) in [5, 5.41) is 5.63. The van der Waals surface area contributed by atoms with Crippen molar-refractivity contribution in [3.63, 3.8) is 0 Å². The molecule has 2 rings (SSSR count). The van der Waals surface area contributed by atoms with Crippen LogP contribution >= 0.6 is 0 Å². The number of benzene rings is 2. The minimum absolute atomic E-state index is 0.0136. The van der Waals surface area contributed by atoms with Crippen LogP contribution in [0, 0.1) is 5.92 Å². The lowest BCUT2D eigenvalue weighted by Crippen LogP contribution is -2.55. The molecule has 0 bridgehead atoms. The molecule has 0 aliphatic carbocycles. The molecule has 2 aromatic rings. The average molecular weight is 919 g/mol. The van der Waals surface area contributed by atoms with Crippen molar-refractivity contribution in [1.82, 2.24) is 10.6 Å². The van der Waals surface area contributed by atoms with E-state index in [4.69, 9.17) is 14.2 Å². The van der Waals surface area contributed by atoms with Gasteiger partial charge in [0, 0.05) is 12.8 Å². The standard InChI is InChI=1S/C56H90N2O8/c1-5-7-9-11-13-15-17-19-21-23-25-27-35-41-52(60)66-50(40-34-26-24-22-20-18-16-14-12-10-8-6-2)54(61)58-53(46(3)4)55(62)57-49(56(63)65-45-48-38-32-29-33-39-48)42-43-51(59)64-44-47-36-30-28-31-37-47/h28-33,36-39,46,49-50,53H,5-27,34-35,40-45H2,1-4H3,(H,57,62)(H,58,61)/t49-,50?,53-/m1/s1. The van der Waals surface area contributed by atoms with Crippen LogP contribution in [0.25, 0.3) is 0 Å². The van der Waals surface area contributed by atoms with Gasteiger partial charge in [-0.15, -0.1) is 0 Å². The fourth-order valence-electron chi connectivity index (χ4n) is 8.11. The van der Waals surface area contributed by atoms with E-state index in [1.54, 1.807) is 13.8 Å². The van der Waals surface area contributed by atoms with Gasteiger partial charge in [0.05, 0.1) is 0 Å². The van der Waals surface area contributed by atoms with Gasteiger partial charge in [-0.05, 0) is 42.7 Å². The zero-order valence-corrected chi connectivity index (χ0v) is 41.8. The van der Waals surface area contributed by atoms with Crippen molar-refractivity contribution in [2.45, 2.75) is 245 Å². The molecular weight excluding hydrogens is 829 g/mol. The van der Waals surface area contributed by atoms with Gasteiger partial charge in [0.2, 0.25) is 5.91 Å². The van der Waals surface area contributed by atoms with Gasteiger partial charge in [-0.1, -0.05) is 236 Å². The zero-order chi connectivity index (χ0) is 47.9. The lowest BCUT2D eigenvalue weighted by atomic mass is 10.0. The van der Waals surface area contributed by atoms with E-state index < -0.39 is 47.9 Å². The first-order chi connectivity index (χ1) is 32.1. The van der Waals surface area contributed by atoms with Crippen molar-refractivity contribution in [3.05, 3.63) is 71.8 Å². The monoisotopic (exact) mass is 919 g/mol. The van der Waals surface area contributed by atoms with Crippen LogP contribution in [0.2, 0.25) is 0 Å². The number of amides is 2. The third kappa shape index (κ3) is 29.4. The van der Waals surface area contributed by atoms with Crippen LogP contribution in [0.5, 0.6) is 0 Å². The number of carbonyl (C=O) groups excluding carboxylic acids is 5. The molecule has 2 amide bonds. The Labute approximate surface area is 400 Å². The summed E-state index contributed by atoms with van der Waals surface area (Å²) in [6.07, 6.45) is 29.1. The van der Waals surface area contributed by atoms with E-state index in [0.717, 1.165) is 56.1 Å². The highest BCUT2D eigenvalue weighted by Gasteiger charge is 2.33. The summed E-state index contributed by atoms with van der Waals surface area (Å²) in [4.78, 5) is 67.4. The van der Waals surface area contributed by atoms with Crippen LogP contribution in [-0.2, 0) is 51.4 Å². The smallest absolute Gasteiger partial charge is 0.328 e. The van der Waals surface area contributed by atoms with E-state index >= 15 is 0 Å². The normalized spacial score (nSPS) is 12.6. The molecule has 372 valence electrons. The van der Waals surface area contributed by atoms with Crippen molar-refractivity contribution in [2.24, 2.45) is 5.92 Å². The first-order valence-corrected chi connectivity index (χ1v) is 26.3. The van der Waals surface area contributed by atoms with Crippen molar-refractivity contribution in [3.8, 4) is 0 Å². The van der Waals surface area contributed by atoms with Crippen molar-refractivity contribution >= 4 is 29.7 Å². The second kappa shape index (κ2) is 38.9. The van der Waals surface area contributed by atoms with E-state index in [2.05, 4.69) is 24.5 Å². The summed E-state index contributed by atoms with van der Waals surface area (Å²) in [5.41, 5.74) is 1.60. The Balaban J connectivity index is 2.00. The van der Waals surface area contributed by atoms with Crippen LogP contribution in [0.4, 0.5) is 0 Å². The first-order valence-electron chi connectivity index (χ1n) is 26.3. The van der Waals surface area contributed by atoms with Crippen LogP contribution < -0.4 is 10.6 Å². The molecule has 0 saturated carbocycles. The third-order valence-corrected chi connectivity index (χ3v) is 12.3. The molecule has 0 spiro atoms. The Morgan fingerprint density at radius 1 is 0.455 bits per heavy atom. The molecule has 0 aliphatic heterocycles. The first kappa shape index (κ1) is 57.9. The molecule has 0 radical (unpaired) electrons. The second-order valence-electron chi connectivity index (χ2n) is 18.7. The largest absolute Gasteiger partial charge is 0.461 e. The molecule has 10 heteroatoms. The van der Waals surface area contributed by atoms with Gasteiger partial charge in [0.25, 0.3) is 5.91 Å². The Bertz CT molecular complexity index is 1550. The van der Waals surface area contributed by atoms with Gasteiger partial charge in [-0.2, -0.15) is 0 Å². The lowest BCUT2D eigenvalue weighted by molar-refractivity contribution is -0.157. The summed E-state index contributed by atoms with van der Waals surface area (Å²) in [7, 11) is 0. The zero-order valence-electron chi connectivity index (χ0n) is 41.8. The molecule has 0 saturated heterocycles. The molecule has 66 heavy (non-hydrogen) atoms. The Kier molecular flexibility index (Phi) is 34.1. The SMILES string of the molecule is CCCCCCCCCCCCCCCC(=O)OC(CCCCCCCCCCCCCC)C(=O)N[C@@H](C(=O)N[C@H](CCC(=O)OCc1ccccc1)C(=O)OCc1ccccc1)C(C)C. The van der Waals surface area contributed by atoms with Crippen LogP contribution in [0.15, 0.2) is 60.7 Å². The van der Waals surface area contributed by atoms with Crippen molar-refractivity contribution < 1.29 is 38.2 Å². The van der Waals surface area contributed by atoms with Crippen LogP contribution in [-0.4, -0.2) is 47.9 Å². The minimum atomic E-state index is -1.18.